The Hall–Kier alpha value is -2.10. The maximum Gasteiger partial charge on any atom is 0.270 e. The van der Waals surface area contributed by atoms with Crippen LogP contribution in [0.1, 0.15) is 5.56 Å². The first-order chi connectivity index (χ1) is 7.59. The van der Waals surface area contributed by atoms with Crippen molar-refractivity contribution < 1.29 is 4.92 Å². The minimum Gasteiger partial charge on any atom is -0.351 e. The second-order valence-corrected chi connectivity index (χ2v) is 3.76. The number of non-ortho nitro benzene ring substituents is 1. The molecule has 16 heavy (non-hydrogen) atoms. The summed E-state index contributed by atoms with van der Waals surface area (Å²) < 4.78 is 1.95. The third-order valence-corrected chi connectivity index (χ3v) is 2.65. The van der Waals surface area contributed by atoms with E-state index in [1.54, 1.807) is 12.1 Å². The van der Waals surface area contributed by atoms with Crippen molar-refractivity contribution in [2.75, 3.05) is 0 Å². The molecule has 0 radical (unpaired) electrons. The molecule has 1 aromatic heterocycles. The van der Waals surface area contributed by atoms with Crippen LogP contribution >= 0.6 is 0 Å². The first-order valence-corrected chi connectivity index (χ1v) is 4.96. The summed E-state index contributed by atoms with van der Waals surface area (Å²) in [6.07, 6.45) is 1.92. The van der Waals surface area contributed by atoms with Crippen LogP contribution in [0.4, 0.5) is 5.69 Å². The number of benzene rings is 1. The molecule has 0 bridgehead atoms. The minimum absolute atomic E-state index is 0.127. The van der Waals surface area contributed by atoms with Crippen LogP contribution in [0.5, 0.6) is 0 Å². The van der Waals surface area contributed by atoms with Gasteiger partial charge >= 0.3 is 0 Å². The Balaban J connectivity index is 2.60. The highest BCUT2D eigenvalue weighted by atomic mass is 16.6. The maximum atomic E-state index is 10.7. The van der Waals surface area contributed by atoms with Crippen molar-refractivity contribution in [2.24, 2.45) is 7.05 Å². The molecule has 4 heteroatoms. The van der Waals surface area contributed by atoms with Crippen LogP contribution in [0.25, 0.3) is 11.3 Å². The molecule has 0 saturated carbocycles. The van der Waals surface area contributed by atoms with E-state index >= 15 is 0 Å². The number of hydrogen-bond donors (Lipinski definition) is 0. The van der Waals surface area contributed by atoms with E-state index in [4.69, 9.17) is 0 Å². The molecule has 0 spiro atoms. The summed E-state index contributed by atoms with van der Waals surface area (Å²) in [5.41, 5.74) is 3.05. The lowest BCUT2D eigenvalue weighted by Crippen LogP contribution is -1.94. The molecule has 0 amide bonds. The molecule has 2 aromatic rings. The summed E-state index contributed by atoms with van der Waals surface area (Å²) in [5, 5.41) is 10.7. The number of aromatic nitrogens is 1. The summed E-state index contributed by atoms with van der Waals surface area (Å²) in [7, 11) is 1.92. The smallest absolute Gasteiger partial charge is 0.270 e. The molecule has 0 aliphatic carbocycles. The molecule has 0 unspecified atom stereocenters. The Morgan fingerprint density at radius 2 is 2.06 bits per heavy atom. The summed E-state index contributed by atoms with van der Waals surface area (Å²) in [4.78, 5) is 10.3. The average Bonchev–Trinajstić information content (AvgIpc) is 2.65. The summed E-state index contributed by atoms with van der Waals surface area (Å²) in [6.45, 7) is 1.95. The number of nitro groups is 1. The first kappa shape index (κ1) is 10.4. The highest BCUT2D eigenvalue weighted by molar-refractivity contribution is 5.67. The van der Waals surface area contributed by atoms with Gasteiger partial charge in [0.1, 0.15) is 0 Å². The van der Waals surface area contributed by atoms with Crippen molar-refractivity contribution in [2.45, 2.75) is 6.92 Å². The fraction of sp³-hybridized carbons (Fsp3) is 0.167. The third kappa shape index (κ3) is 1.69. The molecular weight excluding hydrogens is 204 g/mol. The fourth-order valence-corrected chi connectivity index (χ4v) is 1.74. The van der Waals surface area contributed by atoms with E-state index in [2.05, 4.69) is 0 Å². The van der Waals surface area contributed by atoms with Crippen LogP contribution in [0.2, 0.25) is 0 Å². The normalized spacial score (nSPS) is 10.4. The van der Waals surface area contributed by atoms with Crippen LogP contribution < -0.4 is 0 Å². The Morgan fingerprint density at radius 1 is 1.31 bits per heavy atom. The molecule has 0 saturated heterocycles. The summed E-state index contributed by atoms with van der Waals surface area (Å²) in [6, 6.07) is 8.80. The third-order valence-electron chi connectivity index (χ3n) is 2.65. The monoisotopic (exact) mass is 216 g/mol. The van der Waals surface area contributed by atoms with Crippen LogP contribution in [0, 0.1) is 17.0 Å². The zero-order valence-corrected chi connectivity index (χ0v) is 9.18. The van der Waals surface area contributed by atoms with Crippen LogP contribution in [-0.2, 0) is 7.05 Å². The van der Waals surface area contributed by atoms with E-state index < -0.39 is 0 Å². The molecule has 0 aliphatic heterocycles. The van der Waals surface area contributed by atoms with Crippen LogP contribution in [0.3, 0.4) is 0 Å². The molecule has 0 N–H and O–H groups in total. The number of nitrogens with zero attached hydrogens (tertiary/aromatic N) is 2. The second kappa shape index (κ2) is 3.81. The van der Waals surface area contributed by atoms with Gasteiger partial charge in [-0.1, -0.05) is 6.07 Å². The maximum absolute atomic E-state index is 10.7. The van der Waals surface area contributed by atoms with E-state index in [0.717, 1.165) is 16.8 Å². The van der Waals surface area contributed by atoms with Crippen molar-refractivity contribution in [3.63, 3.8) is 0 Å². The van der Waals surface area contributed by atoms with Crippen LogP contribution in [-0.4, -0.2) is 9.49 Å². The predicted octanol–water partition coefficient (Wildman–Crippen LogP) is 2.91. The number of aryl methyl sites for hydroxylation is 2. The van der Waals surface area contributed by atoms with E-state index in [0.29, 0.717) is 0 Å². The standard InChI is InChI=1S/C12H12N2O2/c1-9-5-6-10(14(15)16)8-11(9)12-4-3-7-13(12)2/h3-8H,1-2H3. The Bertz CT molecular complexity index is 544. The number of rotatable bonds is 2. The van der Waals surface area contributed by atoms with Gasteiger partial charge in [0.2, 0.25) is 0 Å². The van der Waals surface area contributed by atoms with Crippen molar-refractivity contribution >= 4 is 5.69 Å². The zero-order valence-electron chi connectivity index (χ0n) is 9.18. The van der Waals surface area contributed by atoms with Gasteiger partial charge in [0.25, 0.3) is 5.69 Å². The summed E-state index contributed by atoms with van der Waals surface area (Å²) >= 11 is 0. The SMILES string of the molecule is Cc1ccc([N+](=O)[O-])cc1-c1cccn1C. The van der Waals surface area contributed by atoms with Crippen molar-refractivity contribution in [1.82, 2.24) is 4.57 Å². The van der Waals surface area contributed by atoms with Crippen molar-refractivity contribution in [1.29, 1.82) is 0 Å². The van der Waals surface area contributed by atoms with Gasteiger partial charge in [-0.3, -0.25) is 10.1 Å². The lowest BCUT2D eigenvalue weighted by Gasteiger charge is -2.06. The molecular formula is C12H12N2O2. The number of nitro benzene ring substituents is 1. The van der Waals surface area contributed by atoms with Gasteiger partial charge in [-0.25, -0.2) is 0 Å². The van der Waals surface area contributed by atoms with Gasteiger partial charge in [-0.2, -0.15) is 0 Å². The molecule has 0 fully saturated rings. The Kier molecular flexibility index (Phi) is 2.48. The highest BCUT2D eigenvalue weighted by Gasteiger charge is 2.11. The van der Waals surface area contributed by atoms with E-state index in [1.807, 2.05) is 36.9 Å². The van der Waals surface area contributed by atoms with Gasteiger partial charge < -0.3 is 4.57 Å². The van der Waals surface area contributed by atoms with E-state index in [9.17, 15) is 10.1 Å². The average molecular weight is 216 g/mol. The lowest BCUT2D eigenvalue weighted by molar-refractivity contribution is -0.384. The van der Waals surface area contributed by atoms with E-state index in [-0.39, 0.29) is 10.6 Å². The predicted molar refractivity (Wildman–Crippen MR) is 62.2 cm³/mol. The summed E-state index contributed by atoms with van der Waals surface area (Å²) in [5.74, 6) is 0. The van der Waals surface area contributed by atoms with Gasteiger partial charge in [0.05, 0.1) is 4.92 Å². The number of hydrogen-bond acceptors (Lipinski definition) is 2. The van der Waals surface area contributed by atoms with E-state index in [1.165, 1.54) is 6.07 Å². The zero-order chi connectivity index (χ0) is 11.7. The molecule has 1 aromatic carbocycles. The molecule has 2 rings (SSSR count). The largest absolute Gasteiger partial charge is 0.351 e. The van der Waals surface area contributed by atoms with Gasteiger partial charge in [-0.05, 0) is 24.6 Å². The van der Waals surface area contributed by atoms with Crippen molar-refractivity contribution in [3.8, 4) is 11.3 Å². The van der Waals surface area contributed by atoms with Gasteiger partial charge in [0.15, 0.2) is 0 Å². The first-order valence-electron chi connectivity index (χ1n) is 4.96. The molecule has 82 valence electrons. The second-order valence-electron chi connectivity index (χ2n) is 3.76. The molecule has 4 nitrogen and oxygen atoms in total. The van der Waals surface area contributed by atoms with Crippen molar-refractivity contribution in [3.05, 3.63) is 52.2 Å². The molecule has 1 heterocycles. The van der Waals surface area contributed by atoms with Gasteiger partial charge in [0, 0.05) is 36.6 Å². The molecule has 0 aliphatic rings. The topological polar surface area (TPSA) is 48.1 Å². The quantitative estimate of drug-likeness (QED) is 0.572. The molecule has 0 atom stereocenters. The minimum atomic E-state index is -0.369. The fourth-order valence-electron chi connectivity index (χ4n) is 1.74. The highest BCUT2D eigenvalue weighted by Crippen LogP contribution is 2.27. The van der Waals surface area contributed by atoms with Gasteiger partial charge in [-0.15, -0.1) is 0 Å². The van der Waals surface area contributed by atoms with Crippen LogP contribution in [0.15, 0.2) is 36.5 Å². The lowest BCUT2D eigenvalue weighted by atomic mass is 10.1. The Labute approximate surface area is 93.3 Å². The Morgan fingerprint density at radius 3 is 2.62 bits per heavy atom.